The molecule has 2 aliphatic heterocycles. The summed E-state index contributed by atoms with van der Waals surface area (Å²) in [5.74, 6) is 0.204. The van der Waals surface area contributed by atoms with Gasteiger partial charge in [-0.2, -0.15) is 20.1 Å². The Morgan fingerprint density at radius 1 is 0.918 bits per heavy atom. The number of hydrogen-bond donors (Lipinski definition) is 0. The summed E-state index contributed by atoms with van der Waals surface area (Å²) in [6, 6.07) is 23.3. The molecule has 49 heavy (non-hydrogen) atoms. The van der Waals surface area contributed by atoms with Crippen LogP contribution in [0.1, 0.15) is 45.2 Å². The number of piperazine rings is 1. The van der Waals surface area contributed by atoms with E-state index in [2.05, 4.69) is 44.2 Å². The predicted molar refractivity (Wildman–Crippen MR) is 186 cm³/mol. The van der Waals surface area contributed by atoms with E-state index in [-0.39, 0.29) is 23.0 Å². The highest BCUT2D eigenvalue weighted by Crippen LogP contribution is 2.47. The summed E-state index contributed by atoms with van der Waals surface area (Å²) in [5.41, 5.74) is 2.47. The smallest absolute Gasteiger partial charge is 0.350 e. The first kappa shape index (κ1) is 32.6. The summed E-state index contributed by atoms with van der Waals surface area (Å²) in [4.78, 5) is 18.8. The zero-order chi connectivity index (χ0) is 34.0. The number of aromatic nitrogens is 6. The molecule has 0 bridgehead atoms. The standard InChI is InChI=1S/C37H43FN8O3/c1-4-28(2)46-35(47)44(27-41-46)31-12-10-30(11-13-31)42-18-20-43(21-19-42)34-15-14-32(22-33(34)38)48-25-36(3)23-37(49-26-36,24-45-39-16-17-40-45)29-8-6-5-7-9-29/h5-17,22,27-28H,4,18-21,23-26H2,1-3H3/t28?,36-,37+/m0/s1. The van der Waals surface area contributed by atoms with Crippen molar-refractivity contribution in [2.75, 3.05) is 49.2 Å². The molecule has 0 N–H and O–H groups in total. The van der Waals surface area contributed by atoms with E-state index in [1.165, 1.54) is 10.7 Å². The molecule has 0 aliphatic carbocycles. The first-order chi connectivity index (χ1) is 23.8. The Morgan fingerprint density at radius 3 is 2.31 bits per heavy atom. The molecule has 4 heterocycles. The summed E-state index contributed by atoms with van der Waals surface area (Å²) in [5, 5.41) is 12.9. The Bertz CT molecular complexity index is 1900. The summed E-state index contributed by atoms with van der Waals surface area (Å²) >= 11 is 0. The third kappa shape index (κ3) is 6.69. The van der Waals surface area contributed by atoms with Crippen LogP contribution < -0.4 is 20.2 Å². The highest BCUT2D eigenvalue weighted by molar-refractivity contribution is 5.55. The van der Waals surface area contributed by atoms with Crippen molar-refractivity contribution in [3.8, 4) is 11.4 Å². The Morgan fingerprint density at radius 2 is 1.61 bits per heavy atom. The van der Waals surface area contributed by atoms with Gasteiger partial charge in [-0.1, -0.05) is 44.2 Å². The van der Waals surface area contributed by atoms with Crippen LogP contribution >= 0.6 is 0 Å². The van der Waals surface area contributed by atoms with Gasteiger partial charge in [0, 0.05) is 43.3 Å². The molecule has 2 fully saturated rings. The van der Waals surface area contributed by atoms with Gasteiger partial charge in [0.15, 0.2) is 0 Å². The van der Waals surface area contributed by atoms with Crippen LogP contribution in [0.2, 0.25) is 0 Å². The second-order valence-electron chi connectivity index (χ2n) is 13.6. The maximum Gasteiger partial charge on any atom is 0.350 e. The first-order valence-electron chi connectivity index (χ1n) is 17.0. The number of rotatable bonds is 11. The lowest BCUT2D eigenvalue weighted by Gasteiger charge is -2.37. The molecular weight excluding hydrogens is 623 g/mol. The number of benzene rings is 3. The molecule has 0 saturated carbocycles. The van der Waals surface area contributed by atoms with Crippen LogP contribution in [-0.2, 0) is 16.9 Å². The van der Waals surface area contributed by atoms with Crippen LogP contribution in [0.5, 0.6) is 5.75 Å². The van der Waals surface area contributed by atoms with E-state index in [0.29, 0.717) is 50.7 Å². The highest BCUT2D eigenvalue weighted by atomic mass is 19.1. The molecule has 7 rings (SSSR count). The number of anilines is 2. The summed E-state index contributed by atoms with van der Waals surface area (Å²) in [6.45, 7) is 10.4. The zero-order valence-electron chi connectivity index (χ0n) is 28.3. The van der Waals surface area contributed by atoms with Crippen LogP contribution in [0.15, 0.2) is 96.3 Å². The maximum absolute atomic E-state index is 15.5. The second kappa shape index (κ2) is 13.5. The first-order valence-corrected chi connectivity index (χ1v) is 17.0. The average Bonchev–Trinajstić information content (AvgIpc) is 3.87. The largest absolute Gasteiger partial charge is 0.493 e. The quantitative estimate of drug-likeness (QED) is 0.183. The van der Waals surface area contributed by atoms with Crippen molar-refractivity contribution in [3.63, 3.8) is 0 Å². The van der Waals surface area contributed by atoms with Crippen molar-refractivity contribution < 1.29 is 13.9 Å². The van der Waals surface area contributed by atoms with Crippen molar-refractivity contribution in [2.45, 2.75) is 51.8 Å². The third-order valence-electron chi connectivity index (χ3n) is 9.89. The van der Waals surface area contributed by atoms with Crippen LogP contribution in [-0.4, -0.2) is 68.7 Å². The third-order valence-corrected chi connectivity index (χ3v) is 9.89. The molecule has 1 unspecified atom stereocenters. The van der Waals surface area contributed by atoms with Crippen molar-refractivity contribution in [1.82, 2.24) is 29.3 Å². The Kier molecular flexibility index (Phi) is 8.98. The number of halogens is 1. The molecule has 11 nitrogen and oxygen atoms in total. The molecule has 256 valence electrons. The molecule has 0 amide bonds. The van der Waals surface area contributed by atoms with Gasteiger partial charge in [0.05, 0.1) is 49.6 Å². The van der Waals surface area contributed by atoms with Gasteiger partial charge in [0.1, 0.15) is 23.5 Å². The van der Waals surface area contributed by atoms with E-state index >= 15 is 4.39 Å². The van der Waals surface area contributed by atoms with Crippen molar-refractivity contribution in [2.24, 2.45) is 5.41 Å². The van der Waals surface area contributed by atoms with Crippen molar-refractivity contribution in [3.05, 3.63) is 113 Å². The highest BCUT2D eigenvalue weighted by Gasteiger charge is 2.49. The van der Waals surface area contributed by atoms with Gasteiger partial charge in [-0.15, -0.1) is 0 Å². The van der Waals surface area contributed by atoms with Crippen molar-refractivity contribution >= 4 is 11.4 Å². The minimum absolute atomic E-state index is 0.0477. The molecule has 0 radical (unpaired) electrons. The van der Waals surface area contributed by atoms with Gasteiger partial charge in [-0.25, -0.2) is 18.4 Å². The van der Waals surface area contributed by atoms with Gasteiger partial charge in [-0.05, 0) is 61.7 Å². The van der Waals surface area contributed by atoms with Crippen LogP contribution in [0.3, 0.4) is 0 Å². The molecule has 3 atom stereocenters. The average molecular weight is 667 g/mol. The molecule has 12 heteroatoms. The van der Waals surface area contributed by atoms with Crippen LogP contribution in [0, 0.1) is 11.2 Å². The van der Waals surface area contributed by atoms with E-state index in [9.17, 15) is 4.79 Å². The molecule has 2 aromatic heterocycles. The molecule has 5 aromatic rings. The minimum atomic E-state index is -0.589. The summed E-state index contributed by atoms with van der Waals surface area (Å²) in [6.07, 6.45) is 6.46. The normalized spacial score (nSPS) is 21.6. The molecule has 0 spiro atoms. The van der Waals surface area contributed by atoms with E-state index < -0.39 is 5.60 Å². The second-order valence-corrected chi connectivity index (χ2v) is 13.6. The fraction of sp³-hybridized carbons (Fsp3) is 0.405. The van der Waals surface area contributed by atoms with Gasteiger partial charge in [-0.3, -0.25) is 0 Å². The number of nitrogens with zero attached hydrogens (tertiary/aromatic N) is 8. The lowest BCUT2D eigenvalue weighted by Crippen LogP contribution is -2.46. The van der Waals surface area contributed by atoms with E-state index in [1.807, 2.05) is 68.4 Å². The van der Waals surface area contributed by atoms with Gasteiger partial charge >= 0.3 is 5.69 Å². The SMILES string of the molecule is CCC(C)n1ncn(-c2ccc(N3CCN(c4ccc(OC[C@@]5(C)CO[C@](Cn6nccn6)(c6ccccc6)C5)cc4F)CC3)cc2)c1=O. The van der Waals surface area contributed by atoms with Crippen molar-refractivity contribution in [1.29, 1.82) is 0 Å². The maximum atomic E-state index is 15.5. The molecular formula is C37H43FN8O3. The Hall–Kier alpha value is -4.97. The van der Waals surface area contributed by atoms with Gasteiger partial charge in [0.2, 0.25) is 0 Å². The minimum Gasteiger partial charge on any atom is -0.493 e. The fourth-order valence-corrected chi connectivity index (χ4v) is 6.96. The Balaban J connectivity index is 0.953. The van der Waals surface area contributed by atoms with Crippen LogP contribution in [0.25, 0.3) is 5.69 Å². The lowest BCUT2D eigenvalue weighted by molar-refractivity contribution is -0.0225. The van der Waals surface area contributed by atoms with E-state index in [4.69, 9.17) is 9.47 Å². The van der Waals surface area contributed by atoms with E-state index in [0.717, 1.165) is 36.4 Å². The lowest BCUT2D eigenvalue weighted by atomic mass is 9.79. The predicted octanol–water partition coefficient (Wildman–Crippen LogP) is 5.46. The monoisotopic (exact) mass is 666 g/mol. The fourth-order valence-electron chi connectivity index (χ4n) is 6.96. The Labute approximate surface area is 285 Å². The van der Waals surface area contributed by atoms with Gasteiger partial charge < -0.3 is 19.3 Å². The summed E-state index contributed by atoms with van der Waals surface area (Å²) < 4.78 is 31.3. The number of ether oxygens (including phenoxy) is 2. The topological polar surface area (TPSA) is 95.5 Å². The van der Waals surface area contributed by atoms with Crippen LogP contribution in [0.4, 0.5) is 15.8 Å². The summed E-state index contributed by atoms with van der Waals surface area (Å²) in [7, 11) is 0. The molecule has 3 aromatic carbocycles. The van der Waals surface area contributed by atoms with Gasteiger partial charge in [0.25, 0.3) is 0 Å². The zero-order valence-corrected chi connectivity index (χ0v) is 28.3. The van der Waals surface area contributed by atoms with E-state index in [1.54, 1.807) is 28.1 Å². The number of hydrogen-bond acceptors (Lipinski definition) is 8. The molecule has 2 aliphatic rings. The molecule has 2 saturated heterocycles.